The molecule has 8 heteroatoms. The predicted octanol–water partition coefficient (Wildman–Crippen LogP) is 3.00. The summed E-state index contributed by atoms with van der Waals surface area (Å²) in [5.41, 5.74) is 3.63. The number of benzene rings is 1. The van der Waals surface area contributed by atoms with Crippen LogP contribution < -0.4 is 10.6 Å². The number of rotatable bonds is 7. The van der Waals surface area contributed by atoms with Crippen LogP contribution in [-0.2, 0) is 16.0 Å². The van der Waals surface area contributed by atoms with Crippen molar-refractivity contribution in [1.82, 2.24) is 20.5 Å². The highest BCUT2D eigenvalue weighted by Crippen LogP contribution is 2.52. The fourth-order valence-corrected chi connectivity index (χ4v) is 5.75. The van der Waals surface area contributed by atoms with Crippen molar-refractivity contribution in [2.45, 2.75) is 26.7 Å². The van der Waals surface area contributed by atoms with Gasteiger partial charge in [0, 0.05) is 42.8 Å². The van der Waals surface area contributed by atoms with Gasteiger partial charge in [0.1, 0.15) is 0 Å². The number of para-hydroxylation sites is 1. The molecule has 7 nitrogen and oxygen atoms in total. The second kappa shape index (κ2) is 9.87. The number of aromatic nitrogens is 1. The highest BCUT2D eigenvalue weighted by Gasteiger charge is 2.58. The molecule has 1 saturated carbocycles. The monoisotopic (exact) mass is 561 g/mol. The number of halogens is 1. The number of H-pyrrole nitrogens is 1. The summed E-state index contributed by atoms with van der Waals surface area (Å²) < 4.78 is 0. The smallest absolute Gasteiger partial charge is 0.233 e. The number of nitrogens with zero attached hydrogens (tertiary/aromatic N) is 2. The maximum Gasteiger partial charge on any atom is 0.233 e. The number of fused-ring (bicyclic) bond motifs is 6. The third kappa shape index (κ3) is 4.29. The van der Waals surface area contributed by atoms with Crippen molar-refractivity contribution in [3.8, 4) is 0 Å². The number of allylic oxidation sites excluding steroid dienone is 2. The maximum atomic E-state index is 12.8. The largest absolute Gasteiger partial charge is 0.358 e. The summed E-state index contributed by atoms with van der Waals surface area (Å²) >= 11 is 0. The summed E-state index contributed by atoms with van der Waals surface area (Å²) in [6, 6.07) is 8.34. The van der Waals surface area contributed by atoms with Crippen molar-refractivity contribution >= 4 is 52.7 Å². The predicted molar refractivity (Wildman–Crippen MR) is 141 cm³/mol. The number of imide groups is 1. The van der Waals surface area contributed by atoms with Crippen LogP contribution in [0.15, 0.2) is 41.4 Å². The van der Waals surface area contributed by atoms with Crippen LogP contribution in [0.3, 0.4) is 0 Å². The van der Waals surface area contributed by atoms with Crippen LogP contribution >= 0.6 is 24.0 Å². The molecule has 2 bridgehead atoms. The Morgan fingerprint density at radius 3 is 2.52 bits per heavy atom. The number of likely N-dealkylation sites (tertiary alicyclic amines) is 1. The number of hydrogen-bond donors (Lipinski definition) is 3. The van der Waals surface area contributed by atoms with Gasteiger partial charge >= 0.3 is 0 Å². The van der Waals surface area contributed by atoms with Gasteiger partial charge < -0.3 is 15.6 Å². The van der Waals surface area contributed by atoms with Gasteiger partial charge in [-0.25, -0.2) is 0 Å². The lowest BCUT2D eigenvalue weighted by Crippen LogP contribution is -2.43. The molecular formula is C25H32IN5O2. The van der Waals surface area contributed by atoms with Gasteiger partial charge in [0.15, 0.2) is 5.96 Å². The first kappa shape index (κ1) is 23.8. The molecule has 2 amide bonds. The molecule has 2 heterocycles. The van der Waals surface area contributed by atoms with Gasteiger partial charge in [0.05, 0.1) is 11.8 Å². The molecule has 5 rings (SSSR count). The lowest BCUT2D eigenvalue weighted by molar-refractivity contribution is -0.140. The molecule has 2 aromatic rings. The lowest BCUT2D eigenvalue weighted by atomic mass is 9.85. The van der Waals surface area contributed by atoms with Crippen LogP contribution in [0.5, 0.6) is 0 Å². The Balaban J connectivity index is 0.00000259. The minimum atomic E-state index is -0.126. The van der Waals surface area contributed by atoms with E-state index in [0.717, 1.165) is 24.9 Å². The zero-order valence-electron chi connectivity index (χ0n) is 19.1. The van der Waals surface area contributed by atoms with E-state index in [4.69, 9.17) is 4.99 Å². The molecule has 0 spiro atoms. The first-order valence-electron chi connectivity index (χ1n) is 11.7. The Morgan fingerprint density at radius 1 is 1.12 bits per heavy atom. The fraction of sp³-hybridized carbons (Fsp3) is 0.480. The highest BCUT2D eigenvalue weighted by molar-refractivity contribution is 14.0. The first-order valence-corrected chi connectivity index (χ1v) is 11.7. The number of aliphatic imine (C=N–C) groups is 1. The van der Waals surface area contributed by atoms with Crippen molar-refractivity contribution in [3.05, 3.63) is 47.7 Å². The minimum Gasteiger partial charge on any atom is -0.358 e. The molecule has 1 aromatic heterocycles. The molecule has 2 fully saturated rings. The van der Waals surface area contributed by atoms with Gasteiger partial charge in [0.25, 0.3) is 0 Å². The maximum absolute atomic E-state index is 12.8. The van der Waals surface area contributed by atoms with Crippen molar-refractivity contribution in [3.63, 3.8) is 0 Å². The van der Waals surface area contributed by atoms with Crippen LogP contribution in [-0.4, -0.2) is 53.8 Å². The van der Waals surface area contributed by atoms with Gasteiger partial charge in [-0.15, -0.1) is 24.0 Å². The topological polar surface area (TPSA) is 89.6 Å². The van der Waals surface area contributed by atoms with Gasteiger partial charge in [-0.2, -0.15) is 0 Å². The van der Waals surface area contributed by atoms with Crippen LogP contribution in [0, 0.1) is 30.6 Å². The molecule has 4 atom stereocenters. The molecule has 4 unspecified atom stereocenters. The van der Waals surface area contributed by atoms with E-state index in [9.17, 15) is 9.59 Å². The van der Waals surface area contributed by atoms with E-state index in [2.05, 4.69) is 52.9 Å². The summed E-state index contributed by atoms with van der Waals surface area (Å²) in [4.78, 5) is 35.3. The SMILES string of the molecule is CCNC(=NCCc1c(C)[nH]c2ccccc12)NCCN1C(=O)C2C3C=CC(C3)C2C1=O.I. The van der Waals surface area contributed by atoms with Crippen molar-refractivity contribution < 1.29 is 9.59 Å². The molecule has 3 N–H and O–H groups in total. The Labute approximate surface area is 211 Å². The molecule has 0 radical (unpaired) electrons. The molecule has 1 aliphatic heterocycles. The Bertz CT molecular complexity index is 1080. The average molecular weight is 561 g/mol. The summed E-state index contributed by atoms with van der Waals surface area (Å²) in [5, 5.41) is 7.80. The molecule has 33 heavy (non-hydrogen) atoms. The second-order valence-electron chi connectivity index (χ2n) is 9.04. The van der Waals surface area contributed by atoms with Gasteiger partial charge in [0.2, 0.25) is 11.8 Å². The number of guanidine groups is 1. The standard InChI is InChI=1S/C25H31N5O2.HI/c1-3-26-25(27-11-10-18-15(2)29-20-7-5-4-6-19(18)20)28-12-13-30-23(31)21-16-8-9-17(14-16)22(21)24(30)32;/h4-9,16-17,21-22,29H,3,10-14H2,1-2H3,(H2,26,27,28);1H. The van der Waals surface area contributed by atoms with Crippen molar-refractivity contribution in [1.29, 1.82) is 0 Å². The highest BCUT2D eigenvalue weighted by atomic mass is 127. The van der Waals surface area contributed by atoms with E-state index in [-0.39, 0.29) is 59.5 Å². The Morgan fingerprint density at radius 2 is 1.82 bits per heavy atom. The second-order valence-corrected chi connectivity index (χ2v) is 9.04. The molecular weight excluding hydrogens is 529 g/mol. The molecule has 3 aliphatic rings. The van der Waals surface area contributed by atoms with Crippen molar-refractivity contribution in [2.75, 3.05) is 26.2 Å². The average Bonchev–Trinajstić information content (AvgIpc) is 3.53. The number of nitrogens with one attached hydrogen (secondary N) is 3. The summed E-state index contributed by atoms with van der Waals surface area (Å²) in [6.45, 7) is 6.41. The van der Waals surface area contributed by atoms with Gasteiger partial charge in [-0.05, 0) is 50.2 Å². The molecule has 176 valence electrons. The number of aryl methyl sites for hydroxylation is 1. The third-order valence-electron chi connectivity index (χ3n) is 7.19. The number of carbonyl (C=O) groups is 2. The van der Waals surface area contributed by atoms with E-state index in [1.54, 1.807) is 0 Å². The fourth-order valence-electron chi connectivity index (χ4n) is 5.75. The van der Waals surface area contributed by atoms with E-state index in [1.807, 2.05) is 13.0 Å². The zero-order chi connectivity index (χ0) is 22.2. The van der Waals surface area contributed by atoms with E-state index >= 15 is 0 Å². The van der Waals surface area contributed by atoms with Crippen molar-refractivity contribution in [2.24, 2.45) is 28.7 Å². The third-order valence-corrected chi connectivity index (χ3v) is 7.19. The van der Waals surface area contributed by atoms with Crippen LogP contribution in [0.25, 0.3) is 10.9 Å². The minimum absolute atomic E-state index is 0. The van der Waals surface area contributed by atoms with E-state index in [1.165, 1.54) is 21.5 Å². The Hall–Kier alpha value is -2.36. The van der Waals surface area contributed by atoms with Crippen LogP contribution in [0.4, 0.5) is 0 Å². The summed E-state index contributed by atoms with van der Waals surface area (Å²) in [7, 11) is 0. The zero-order valence-corrected chi connectivity index (χ0v) is 21.5. The van der Waals surface area contributed by atoms with E-state index in [0.29, 0.717) is 25.6 Å². The summed E-state index contributed by atoms with van der Waals surface area (Å²) in [5.74, 6) is 0.993. The van der Waals surface area contributed by atoms with Gasteiger partial charge in [-0.1, -0.05) is 30.4 Å². The molecule has 1 saturated heterocycles. The van der Waals surface area contributed by atoms with Crippen LogP contribution in [0.1, 0.15) is 24.6 Å². The normalized spacial score (nSPS) is 25.6. The number of aromatic amines is 1. The molecule has 2 aliphatic carbocycles. The van der Waals surface area contributed by atoms with E-state index < -0.39 is 0 Å². The number of hydrogen-bond acceptors (Lipinski definition) is 3. The molecule has 1 aromatic carbocycles. The number of carbonyl (C=O) groups excluding carboxylic acids is 2. The first-order chi connectivity index (χ1) is 15.6. The van der Waals surface area contributed by atoms with Crippen LogP contribution in [0.2, 0.25) is 0 Å². The number of amides is 2. The lowest BCUT2D eigenvalue weighted by Gasteiger charge is -2.18. The van der Waals surface area contributed by atoms with Gasteiger partial charge in [-0.3, -0.25) is 19.5 Å². The summed E-state index contributed by atoms with van der Waals surface area (Å²) in [6.07, 6.45) is 6.06. The quantitative estimate of drug-likeness (QED) is 0.160. The Kier molecular flexibility index (Phi) is 7.11.